The van der Waals surface area contributed by atoms with Gasteiger partial charge in [0.25, 0.3) is 0 Å². The summed E-state index contributed by atoms with van der Waals surface area (Å²) in [4.78, 5) is 10.0. The van der Waals surface area contributed by atoms with Crippen LogP contribution in [0.15, 0.2) is 134 Å². The van der Waals surface area contributed by atoms with E-state index in [1.807, 2.05) is 85.1 Å². The van der Waals surface area contributed by atoms with Gasteiger partial charge in [-0.3, -0.25) is 9.97 Å². The van der Waals surface area contributed by atoms with Gasteiger partial charge in [0, 0.05) is 49.9 Å². The Morgan fingerprint density at radius 3 is 2.17 bits per heavy atom. The van der Waals surface area contributed by atoms with Gasteiger partial charge in [0.15, 0.2) is 0 Å². The zero-order valence-corrected chi connectivity index (χ0v) is 25.1. The Morgan fingerprint density at radius 1 is 0.619 bits per heavy atom. The second-order valence-corrected chi connectivity index (χ2v) is 10.1. The van der Waals surface area contributed by atoms with Crippen molar-refractivity contribution in [3.05, 3.63) is 145 Å². The average Bonchev–Trinajstić information content (AvgIpc) is 3.41. The third kappa shape index (κ3) is 5.18. The summed E-state index contributed by atoms with van der Waals surface area (Å²) in [6.45, 7) is 2.09. The molecule has 0 unspecified atom stereocenters. The molecule has 3 aromatic heterocycles. The van der Waals surface area contributed by atoms with Gasteiger partial charge >= 0.3 is 0 Å². The van der Waals surface area contributed by atoms with E-state index in [-0.39, 0.29) is 26.8 Å². The van der Waals surface area contributed by atoms with Gasteiger partial charge in [-0.05, 0) is 53.9 Å². The van der Waals surface area contributed by atoms with E-state index < -0.39 is 0 Å². The fraction of sp³-hybridized carbons (Fsp3) is 0.0270. The summed E-state index contributed by atoms with van der Waals surface area (Å²) in [6, 6.07) is 46.0. The molecule has 0 saturated heterocycles. The summed E-state index contributed by atoms with van der Waals surface area (Å²) in [6.07, 6.45) is 2.05. The van der Waals surface area contributed by atoms with E-state index in [1.165, 1.54) is 5.56 Å². The first-order valence-corrected chi connectivity index (χ1v) is 13.6. The van der Waals surface area contributed by atoms with Crippen LogP contribution in [-0.4, -0.2) is 19.5 Å². The molecule has 0 spiro atoms. The van der Waals surface area contributed by atoms with Gasteiger partial charge in [0.1, 0.15) is 11.4 Å². The molecule has 0 aliphatic rings. The Morgan fingerprint density at radius 2 is 1.33 bits per heavy atom. The number of rotatable bonds is 5. The van der Waals surface area contributed by atoms with Crippen LogP contribution >= 0.6 is 0 Å². The quantitative estimate of drug-likeness (QED) is 0.181. The molecule has 206 valence electrons. The first-order valence-electron chi connectivity index (χ1n) is 13.6. The van der Waals surface area contributed by atoms with Crippen LogP contribution in [0, 0.1) is 13.0 Å². The molecule has 0 atom stereocenters. The van der Waals surface area contributed by atoms with Gasteiger partial charge in [-0.2, -0.15) is 0 Å². The molecule has 1 N–H and O–H groups in total. The van der Waals surface area contributed by atoms with E-state index in [0.717, 1.165) is 50.5 Å². The second-order valence-electron chi connectivity index (χ2n) is 10.1. The second kappa shape index (κ2) is 11.6. The Kier molecular flexibility index (Phi) is 7.56. The predicted octanol–water partition coefficient (Wildman–Crippen LogP) is 8.88. The number of benzene rings is 4. The molecule has 42 heavy (non-hydrogen) atoms. The maximum Gasteiger partial charge on any atom is 0.129 e. The number of para-hydroxylation sites is 1. The molecule has 7 aromatic rings. The third-order valence-electron chi connectivity index (χ3n) is 7.26. The summed E-state index contributed by atoms with van der Waals surface area (Å²) >= 11 is 0. The zero-order chi connectivity index (χ0) is 27.8. The van der Waals surface area contributed by atoms with Crippen molar-refractivity contribution in [3.8, 4) is 61.9 Å². The number of nitrogens with zero attached hydrogens (tertiary/aromatic N) is 3. The molecule has 4 nitrogen and oxygen atoms in total. The standard InChI is InChI=1S/C37H26N3O.Pt/c1-25-11-9-14-27(21-25)30-23-32(38-33(24-30)31-17-5-6-18-34(31)41)28-15-10-16-29(22-28)36-37(26-12-3-2-4-13-26)40-20-8-7-19-35(40)39-36;/h2-21,23-24,41H,1H3;/q-1;. The molecule has 4 aromatic carbocycles. The molecule has 3 heterocycles. The summed E-state index contributed by atoms with van der Waals surface area (Å²) < 4.78 is 2.12. The molecule has 0 fully saturated rings. The fourth-order valence-electron chi connectivity index (χ4n) is 5.30. The molecule has 5 heteroatoms. The van der Waals surface area contributed by atoms with Gasteiger partial charge in [-0.15, -0.1) is 24.3 Å². The molecular formula is C37H26N3OPt-. The first-order chi connectivity index (χ1) is 20.1. The molecule has 0 saturated carbocycles. The molecule has 0 aliphatic heterocycles. The van der Waals surface area contributed by atoms with Crippen molar-refractivity contribution >= 4 is 5.65 Å². The number of imidazole rings is 1. The van der Waals surface area contributed by atoms with Crippen molar-refractivity contribution in [3.63, 3.8) is 0 Å². The topological polar surface area (TPSA) is 50.4 Å². The average molecular weight is 724 g/mol. The van der Waals surface area contributed by atoms with E-state index in [0.29, 0.717) is 11.3 Å². The Bertz CT molecular complexity index is 2030. The summed E-state index contributed by atoms with van der Waals surface area (Å²) in [5.74, 6) is 0.197. The maximum atomic E-state index is 10.7. The van der Waals surface area contributed by atoms with Crippen LogP contribution < -0.4 is 0 Å². The summed E-state index contributed by atoms with van der Waals surface area (Å²) in [5.41, 5.74) is 11.0. The molecule has 0 bridgehead atoms. The molecule has 7 rings (SSSR count). The van der Waals surface area contributed by atoms with E-state index in [1.54, 1.807) is 6.07 Å². The number of aromatic nitrogens is 3. The minimum absolute atomic E-state index is 0. The van der Waals surface area contributed by atoms with Gasteiger partial charge in [0.05, 0.1) is 5.69 Å². The van der Waals surface area contributed by atoms with Crippen molar-refractivity contribution in [1.29, 1.82) is 0 Å². The van der Waals surface area contributed by atoms with E-state index in [2.05, 4.69) is 59.9 Å². The number of aromatic hydroxyl groups is 1. The van der Waals surface area contributed by atoms with Crippen molar-refractivity contribution in [2.75, 3.05) is 0 Å². The Balaban J connectivity index is 0.00000316. The van der Waals surface area contributed by atoms with Crippen molar-refractivity contribution in [2.45, 2.75) is 6.92 Å². The molecule has 0 aliphatic carbocycles. The van der Waals surface area contributed by atoms with E-state index in [9.17, 15) is 5.11 Å². The number of phenols is 1. The number of fused-ring (bicyclic) bond motifs is 1. The Labute approximate surface area is 259 Å². The predicted molar refractivity (Wildman–Crippen MR) is 165 cm³/mol. The minimum Gasteiger partial charge on any atom is -0.507 e. The van der Waals surface area contributed by atoms with Crippen molar-refractivity contribution in [1.82, 2.24) is 14.4 Å². The van der Waals surface area contributed by atoms with Gasteiger partial charge in [-0.1, -0.05) is 95.6 Å². The zero-order valence-electron chi connectivity index (χ0n) is 22.8. The smallest absolute Gasteiger partial charge is 0.129 e. The van der Waals surface area contributed by atoms with E-state index in [4.69, 9.17) is 9.97 Å². The number of aryl methyl sites for hydroxylation is 1. The summed E-state index contributed by atoms with van der Waals surface area (Å²) in [5, 5.41) is 10.7. The number of pyridine rings is 2. The van der Waals surface area contributed by atoms with Gasteiger partial charge in [-0.25, -0.2) is 0 Å². The molecule has 0 radical (unpaired) electrons. The number of hydrogen-bond donors (Lipinski definition) is 1. The van der Waals surface area contributed by atoms with Crippen LogP contribution in [0.3, 0.4) is 0 Å². The Hall–Kier alpha value is -4.79. The monoisotopic (exact) mass is 723 g/mol. The van der Waals surface area contributed by atoms with Crippen LogP contribution in [0.25, 0.3) is 61.8 Å². The normalized spacial score (nSPS) is 10.9. The maximum absolute atomic E-state index is 10.7. The molecular weight excluding hydrogens is 698 g/mol. The SMILES string of the molecule is Cc1cccc(-c2cc(-c3[c-]c(-c4nc5ccccn5c4-c4ccccc4)ccc3)nc(-c3ccccc3O)c2)c1.[Pt]. The van der Waals surface area contributed by atoms with Crippen LogP contribution in [0.1, 0.15) is 5.56 Å². The summed E-state index contributed by atoms with van der Waals surface area (Å²) in [7, 11) is 0. The third-order valence-corrected chi connectivity index (χ3v) is 7.26. The number of phenolic OH excluding ortho intramolecular Hbond substituents is 1. The molecule has 0 amide bonds. The van der Waals surface area contributed by atoms with Gasteiger partial charge < -0.3 is 9.51 Å². The van der Waals surface area contributed by atoms with Crippen molar-refractivity contribution in [2.24, 2.45) is 0 Å². The van der Waals surface area contributed by atoms with E-state index >= 15 is 0 Å². The fourth-order valence-corrected chi connectivity index (χ4v) is 5.30. The number of hydrogen-bond acceptors (Lipinski definition) is 3. The first kappa shape index (κ1) is 27.4. The minimum atomic E-state index is 0. The largest absolute Gasteiger partial charge is 0.507 e. The van der Waals surface area contributed by atoms with Crippen molar-refractivity contribution < 1.29 is 26.2 Å². The van der Waals surface area contributed by atoms with Crippen LogP contribution in [0.2, 0.25) is 0 Å². The van der Waals surface area contributed by atoms with Crippen LogP contribution in [0.5, 0.6) is 5.75 Å². The van der Waals surface area contributed by atoms with Crippen LogP contribution in [0.4, 0.5) is 0 Å². The van der Waals surface area contributed by atoms with Gasteiger partial charge in [0.2, 0.25) is 0 Å². The van der Waals surface area contributed by atoms with Crippen LogP contribution in [-0.2, 0) is 21.1 Å².